The standard InChI is InChI=1S/C14H14N2OS/c1-2-16(9-5-8-15)14(17)12-10-18-13-7-4-3-6-11(12)13/h3-4,6-7,10H,2,5,9H2,1H3. The molecule has 4 heteroatoms. The highest BCUT2D eigenvalue weighted by Crippen LogP contribution is 2.26. The van der Waals surface area contributed by atoms with Gasteiger partial charge in [0.1, 0.15) is 0 Å². The Labute approximate surface area is 110 Å². The Balaban J connectivity index is 2.30. The van der Waals surface area contributed by atoms with E-state index in [1.54, 1.807) is 16.2 Å². The monoisotopic (exact) mass is 258 g/mol. The van der Waals surface area contributed by atoms with Crippen LogP contribution in [0.5, 0.6) is 0 Å². The van der Waals surface area contributed by atoms with Crippen LogP contribution in [0.4, 0.5) is 0 Å². The summed E-state index contributed by atoms with van der Waals surface area (Å²) < 4.78 is 1.12. The molecule has 18 heavy (non-hydrogen) atoms. The molecule has 92 valence electrons. The number of benzene rings is 1. The molecule has 2 aromatic rings. The lowest BCUT2D eigenvalue weighted by Gasteiger charge is -2.19. The number of hydrogen-bond donors (Lipinski definition) is 0. The van der Waals surface area contributed by atoms with Crippen LogP contribution >= 0.6 is 11.3 Å². The van der Waals surface area contributed by atoms with E-state index in [1.807, 2.05) is 36.6 Å². The van der Waals surface area contributed by atoms with Crippen molar-refractivity contribution >= 4 is 27.3 Å². The van der Waals surface area contributed by atoms with Crippen LogP contribution in [0.3, 0.4) is 0 Å². The minimum atomic E-state index is 0.0187. The zero-order valence-corrected chi connectivity index (χ0v) is 11.0. The number of fused-ring (bicyclic) bond motifs is 1. The summed E-state index contributed by atoms with van der Waals surface area (Å²) in [6, 6.07) is 9.98. The maximum absolute atomic E-state index is 12.4. The molecule has 0 atom stereocenters. The van der Waals surface area contributed by atoms with Crippen LogP contribution in [0.15, 0.2) is 29.6 Å². The van der Waals surface area contributed by atoms with E-state index in [4.69, 9.17) is 5.26 Å². The Morgan fingerprint density at radius 1 is 1.44 bits per heavy atom. The van der Waals surface area contributed by atoms with Crippen LogP contribution in [0.2, 0.25) is 0 Å². The van der Waals surface area contributed by atoms with Gasteiger partial charge in [-0.1, -0.05) is 18.2 Å². The Morgan fingerprint density at radius 2 is 2.22 bits per heavy atom. The van der Waals surface area contributed by atoms with Crippen molar-refractivity contribution in [3.8, 4) is 6.07 Å². The first-order valence-corrected chi connectivity index (χ1v) is 6.78. The van der Waals surface area contributed by atoms with Gasteiger partial charge in [-0.15, -0.1) is 11.3 Å². The molecule has 3 nitrogen and oxygen atoms in total. The van der Waals surface area contributed by atoms with Crippen molar-refractivity contribution in [1.82, 2.24) is 4.90 Å². The van der Waals surface area contributed by atoms with Crippen LogP contribution in [0, 0.1) is 11.3 Å². The van der Waals surface area contributed by atoms with Crippen molar-refractivity contribution in [2.75, 3.05) is 13.1 Å². The molecule has 0 aliphatic carbocycles. The fourth-order valence-electron chi connectivity index (χ4n) is 1.90. The summed E-state index contributed by atoms with van der Waals surface area (Å²) in [5, 5.41) is 11.5. The molecule has 1 aromatic carbocycles. The third kappa shape index (κ3) is 2.36. The number of rotatable bonds is 4. The second-order valence-corrected chi connectivity index (χ2v) is 4.85. The lowest BCUT2D eigenvalue weighted by atomic mass is 10.1. The summed E-state index contributed by atoms with van der Waals surface area (Å²) >= 11 is 1.58. The highest BCUT2D eigenvalue weighted by molar-refractivity contribution is 7.17. The smallest absolute Gasteiger partial charge is 0.255 e. The first-order chi connectivity index (χ1) is 8.77. The maximum Gasteiger partial charge on any atom is 0.255 e. The third-order valence-electron chi connectivity index (χ3n) is 2.87. The molecule has 1 amide bonds. The predicted molar refractivity (Wildman–Crippen MR) is 73.6 cm³/mol. The van der Waals surface area contributed by atoms with Crippen LogP contribution in [0.25, 0.3) is 10.1 Å². The average Bonchev–Trinajstić information content (AvgIpc) is 2.83. The minimum Gasteiger partial charge on any atom is -0.338 e. The van der Waals surface area contributed by atoms with Gasteiger partial charge >= 0.3 is 0 Å². The van der Waals surface area contributed by atoms with Gasteiger partial charge in [0, 0.05) is 28.6 Å². The summed E-state index contributed by atoms with van der Waals surface area (Å²) in [4.78, 5) is 14.1. The topological polar surface area (TPSA) is 44.1 Å². The molecular formula is C14H14N2OS. The normalized spacial score (nSPS) is 10.2. The summed E-state index contributed by atoms with van der Waals surface area (Å²) in [5.74, 6) is 0.0187. The van der Waals surface area contributed by atoms with E-state index in [2.05, 4.69) is 6.07 Å². The van der Waals surface area contributed by atoms with Crippen molar-refractivity contribution in [3.05, 3.63) is 35.2 Å². The van der Waals surface area contributed by atoms with Gasteiger partial charge in [0.15, 0.2) is 0 Å². The van der Waals surface area contributed by atoms with Gasteiger partial charge in [-0.2, -0.15) is 5.26 Å². The lowest BCUT2D eigenvalue weighted by molar-refractivity contribution is 0.0770. The fourth-order valence-corrected chi connectivity index (χ4v) is 2.84. The van der Waals surface area contributed by atoms with Gasteiger partial charge in [0.2, 0.25) is 0 Å². The van der Waals surface area contributed by atoms with E-state index < -0.39 is 0 Å². The molecule has 0 spiro atoms. The second kappa shape index (κ2) is 5.65. The van der Waals surface area contributed by atoms with Gasteiger partial charge < -0.3 is 4.90 Å². The highest BCUT2D eigenvalue weighted by atomic mass is 32.1. The molecule has 0 aliphatic rings. The average molecular weight is 258 g/mol. The molecule has 0 N–H and O–H groups in total. The van der Waals surface area contributed by atoms with Gasteiger partial charge in [0.05, 0.1) is 18.1 Å². The van der Waals surface area contributed by atoms with Crippen LogP contribution in [0.1, 0.15) is 23.7 Å². The Morgan fingerprint density at radius 3 is 2.94 bits per heavy atom. The Hall–Kier alpha value is -1.86. The number of carbonyl (C=O) groups is 1. The number of nitriles is 1. The number of hydrogen-bond acceptors (Lipinski definition) is 3. The van der Waals surface area contributed by atoms with Crippen molar-refractivity contribution < 1.29 is 4.79 Å². The largest absolute Gasteiger partial charge is 0.338 e. The molecule has 0 saturated heterocycles. The quantitative estimate of drug-likeness (QED) is 0.844. The molecule has 1 aromatic heterocycles. The summed E-state index contributed by atoms with van der Waals surface area (Å²) in [5.41, 5.74) is 0.746. The molecular weight excluding hydrogens is 244 g/mol. The molecule has 0 saturated carbocycles. The van der Waals surface area contributed by atoms with Gasteiger partial charge in [-0.25, -0.2) is 0 Å². The van der Waals surface area contributed by atoms with Crippen molar-refractivity contribution in [1.29, 1.82) is 5.26 Å². The second-order valence-electron chi connectivity index (χ2n) is 3.94. The molecule has 0 bridgehead atoms. The molecule has 0 unspecified atom stereocenters. The van der Waals surface area contributed by atoms with E-state index in [-0.39, 0.29) is 5.91 Å². The molecule has 1 heterocycles. The number of thiophene rings is 1. The van der Waals surface area contributed by atoms with E-state index in [0.29, 0.717) is 19.5 Å². The first kappa shape index (κ1) is 12.6. The highest BCUT2D eigenvalue weighted by Gasteiger charge is 2.17. The van der Waals surface area contributed by atoms with Crippen LogP contribution in [-0.2, 0) is 0 Å². The zero-order chi connectivity index (χ0) is 13.0. The van der Waals surface area contributed by atoms with E-state index >= 15 is 0 Å². The summed E-state index contributed by atoms with van der Waals surface area (Å²) in [6.45, 7) is 3.06. The summed E-state index contributed by atoms with van der Waals surface area (Å²) in [7, 11) is 0. The first-order valence-electron chi connectivity index (χ1n) is 5.90. The third-order valence-corrected chi connectivity index (χ3v) is 3.84. The van der Waals surface area contributed by atoms with Gasteiger partial charge in [0.25, 0.3) is 5.91 Å². The Kier molecular flexibility index (Phi) is 3.96. The van der Waals surface area contributed by atoms with Crippen LogP contribution < -0.4 is 0 Å². The predicted octanol–water partition coefficient (Wildman–Crippen LogP) is 3.28. The van der Waals surface area contributed by atoms with Crippen molar-refractivity contribution in [2.24, 2.45) is 0 Å². The number of nitrogens with zero attached hydrogens (tertiary/aromatic N) is 2. The fraction of sp³-hybridized carbons (Fsp3) is 0.286. The van der Waals surface area contributed by atoms with Gasteiger partial charge in [-0.3, -0.25) is 4.79 Å². The minimum absolute atomic E-state index is 0.0187. The molecule has 2 rings (SSSR count). The zero-order valence-electron chi connectivity index (χ0n) is 10.2. The van der Waals surface area contributed by atoms with E-state index in [9.17, 15) is 4.79 Å². The summed E-state index contributed by atoms with van der Waals surface area (Å²) in [6.07, 6.45) is 0.377. The van der Waals surface area contributed by atoms with Crippen molar-refractivity contribution in [3.63, 3.8) is 0 Å². The molecule has 0 fully saturated rings. The molecule has 0 radical (unpaired) electrons. The van der Waals surface area contributed by atoms with E-state index in [1.165, 1.54) is 0 Å². The maximum atomic E-state index is 12.4. The van der Waals surface area contributed by atoms with Crippen molar-refractivity contribution in [2.45, 2.75) is 13.3 Å². The SMILES string of the molecule is CCN(CCC#N)C(=O)c1csc2ccccc12. The lowest BCUT2D eigenvalue weighted by Crippen LogP contribution is -2.31. The number of carbonyl (C=O) groups excluding carboxylic acids is 1. The Bertz CT molecular complexity index is 597. The van der Waals surface area contributed by atoms with Gasteiger partial charge in [-0.05, 0) is 13.0 Å². The molecule has 0 aliphatic heterocycles. The number of amides is 1. The van der Waals surface area contributed by atoms with E-state index in [0.717, 1.165) is 15.6 Å². The van der Waals surface area contributed by atoms with Crippen LogP contribution in [-0.4, -0.2) is 23.9 Å².